The molecule has 8 heteroatoms. The number of esters is 1. The molecule has 0 radical (unpaired) electrons. The first-order valence-corrected chi connectivity index (χ1v) is 11.0. The number of fused-ring (bicyclic) bond motifs is 1. The normalized spacial score (nSPS) is 23.5. The van der Waals surface area contributed by atoms with E-state index in [1.54, 1.807) is 4.90 Å². The molecular weight excluding hydrogens is 418 g/mol. The number of benzene rings is 1. The van der Waals surface area contributed by atoms with E-state index in [0.29, 0.717) is 24.9 Å². The molecule has 1 atom stereocenters. The van der Waals surface area contributed by atoms with Gasteiger partial charge in [-0.15, -0.1) is 0 Å². The Hall–Kier alpha value is -2.67. The van der Waals surface area contributed by atoms with Gasteiger partial charge < -0.3 is 14.4 Å². The molecule has 0 spiro atoms. The van der Waals surface area contributed by atoms with Crippen LogP contribution in [0.3, 0.4) is 0 Å². The van der Waals surface area contributed by atoms with Crippen molar-refractivity contribution in [2.24, 2.45) is 5.92 Å². The maximum Gasteiger partial charge on any atom is 0.305 e. The summed E-state index contributed by atoms with van der Waals surface area (Å²) >= 11 is 6.18. The number of ether oxygens (including phenoxy) is 2. The van der Waals surface area contributed by atoms with Crippen molar-refractivity contribution >= 4 is 29.2 Å². The van der Waals surface area contributed by atoms with Crippen molar-refractivity contribution in [1.82, 2.24) is 9.97 Å². The SMILES string of the molecule is COC(=O)CC1CCC(c2ccc(N3C(=O)c4c(Cl)ncnc4OC[C@@H]3C)cc2)CC1. The Morgan fingerprint density at radius 1 is 1.19 bits per heavy atom. The molecule has 31 heavy (non-hydrogen) atoms. The van der Waals surface area contributed by atoms with E-state index in [9.17, 15) is 9.59 Å². The van der Waals surface area contributed by atoms with Gasteiger partial charge in [-0.25, -0.2) is 9.97 Å². The van der Waals surface area contributed by atoms with Crippen molar-refractivity contribution < 1.29 is 19.1 Å². The van der Waals surface area contributed by atoms with Gasteiger partial charge in [0.05, 0.1) is 13.2 Å². The predicted octanol–water partition coefficient (Wildman–Crippen LogP) is 4.39. The highest BCUT2D eigenvalue weighted by Gasteiger charge is 2.33. The Kier molecular flexibility index (Phi) is 6.41. The fraction of sp³-hybridized carbons (Fsp3) is 0.478. The fourth-order valence-electron chi connectivity index (χ4n) is 4.53. The second-order valence-corrected chi connectivity index (χ2v) is 8.63. The first kappa shape index (κ1) is 21.6. The molecule has 4 rings (SSSR count). The number of carbonyl (C=O) groups excluding carboxylic acids is 2. The van der Waals surface area contributed by atoms with Crippen LogP contribution in [-0.2, 0) is 9.53 Å². The van der Waals surface area contributed by atoms with Gasteiger partial charge in [0, 0.05) is 12.1 Å². The van der Waals surface area contributed by atoms with Gasteiger partial charge in [-0.3, -0.25) is 9.59 Å². The number of carbonyl (C=O) groups is 2. The maximum atomic E-state index is 13.2. The Labute approximate surface area is 186 Å². The van der Waals surface area contributed by atoms with Crippen molar-refractivity contribution in [1.29, 1.82) is 0 Å². The highest BCUT2D eigenvalue weighted by Crippen LogP contribution is 2.38. The Bertz CT molecular complexity index is 958. The molecule has 2 aliphatic rings. The number of hydrogen-bond acceptors (Lipinski definition) is 6. The molecule has 1 aromatic carbocycles. The second-order valence-electron chi connectivity index (χ2n) is 8.27. The van der Waals surface area contributed by atoms with Crippen LogP contribution in [0, 0.1) is 5.92 Å². The van der Waals surface area contributed by atoms with E-state index in [2.05, 4.69) is 22.1 Å². The second kappa shape index (κ2) is 9.22. The third kappa shape index (κ3) is 4.51. The van der Waals surface area contributed by atoms with Gasteiger partial charge in [0.15, 0.2) is 0 Å². The Balaban J connectivity index is 1.48. The van der Waals surface area contributed by atoms with Crippen molar-refractivity contribution in [2.75, 3.05) is 18.6 Å². The highest BCUT2D eigenvalue weighted by atomic mass is 35.5. The van der Waals surface area contributed by atoms with E-state index in [1.165, 1.54) is 19.0 Å². The van der Waals surface area contributed by atoms with Crippen molar-refractivity contribution in [3.8, 4) is 5.88 Å². The average molecular weight is 444 g/mol. The van der Waals surface area contributed by atoms with Crippen LogP contribution < -0.4 is 9.64 Å². The molecule has 2 aromatic rings. The van der Waals surface area contributed by atoms with Gasteiger partial charge in [-0.05, 0) is 62.1 Å². The topological polar surface area (TPSA) is 81.6 Å². The molecule has 1 aliphatic carbocycles. The van der Waals surface area contributed by atoms with Gasteiger partial charge in [-0.1, -0.05) is 23.7 Å². The van der Waals surface area contributed by atoms with Crippen molar-refractivity contribution in [2.45, 2.75) is 51.0 Å². The van der Waals surface area contributed by atoms with Crippen molar-refractivity contribution in [3.05, 3.63) is 46.9 Å². The van der Waals surface area contributed by atoms with Crippen molar-refractivity contribution in [3.63, 3.8) is 0 Å². The summed E-state index contributed by atoms with van der Waals surface area (Å²) in [7, 11) is 1.44. The summed E-state index contributed by atoms with van der Waals surface area (Å²) in [6.07, 6.45) is 5.95. The lowest BCUT2D eigenvalue weighted by Crippen LogP contribution is -2.40. The third-order valence-electron chi connectivity index (χ3n) is 6.27. The maximum absolute atomic E-state index is 13.2. The minimum atomic E-state index is -0.262. The van der Waals surface area contributed by atoms with Crippen LogP contribution >= 0.6 is 11.6 Å². The molecule has 0 N–H and O–H groups in total. The molecule has 1 aliphatic heterocycles. The summed E-state index contributed by atoms with van der Waals surface area (Å²) in [5.74, 6) is 0.708. The fourth-order valence-corrected chi connectivity index (χ4v) is 4.74. The van der Waals surface area contributed by atoms with E-state index in [0.717, 1.165) is 31.4 Å². The van der Waals surface area contributed by atoms with Gasteiger partial charge in [-0.2, -0.15) is 0 Å². The first-order chi connectivity index (χ1) is 15.0. The molecule has 0 bridgehead atoms. The number of rotatable bonds is 4. The van der Waals surface area contributed by atoms with E-state index in [1.807, 2.05) is 19.1 Å². The van der Waals surface area contributed by atoms with Crippen LogP contribution in [0.25, 0.3) is 0 Å². The molecule has 1 amide bonds. The summed E-state index contributed by atoms with van der Waals surface area (Å²) in [6.45, 7) is 2.25. The molecule has 1 aromatic heterocycles. The lowest BCUT2D eigenvalue weighted by molar-refractivity contribution is -0.142. The van der Waals surface area contributed by atoms with Gasteiger partial charge in [0.2, 0.25) is 5.88 Å². The highest BCUT2D eigenvalue weighted by molar-refractivity contribution is 6.33. The Morgan fingerprint density at radius 3 is 2.58 bits per heavy atom. The van der Waals surface area contributed by atoms with Crippen LogP contribution in [0.15, 0.2) is 30.6 Å². The molecular formula is C23H26ClN3O4. The van der Waals surface area contributed by atoms with Crippen LogP contribution in [0.1, 0.15) is 60.9 Å². The quantitative estimate of drug-likeness (QED) is 0.514. The van der Waals surface area contributed by atoms with E-state index in [4.69, 9.17) is 21.1 Å². The smallest absolute Gasteiger partial charge is 0.305 e. The van der Waals surface area contributed by atoms with Crippen LogP contribution in [0.2, 0.25) is 5.15 Å². The van der Waals surface area contributed by atoms with E-state index in [-0.39, 0.29) is 34.5 Å². The number of amides is 1. The zero-order valence-electron chi connectivity index (χ0n) is 17.7. The van der Waals surface area contributed by atoms with Gasteiger partial charge in [0.25, 0.3) is 5.91 Å². The number of anilines is 1. The number of methoxy groups -OCH3 is 1. The molecule has 0 saturated heterocycles. The molecule has 0 unspecified atom stereocenters. The lowest BCUT2D eigenvalue weighted by atomic mass is 9.77. The Morgan fingerprint density at radius 2 is 1.90 bits per heavy atom. The summed E-state index contributed by atoms with van der Waals surface area (Å²) in [5.41, 5.74) is 2.24. The van der Waals surface area contributed by atoms with E-state index >= 15 is 0 Å². The standard InChI is InChI=1S/C23H26ClN3O4/c1-14-12-31-22-20(21(24)25-13-26-22)23(29)27(14)18-9-7-17(8-10-18)16-5-3-15(4-6-16)11-19(28)30-2/h7-10,13-16H,3-6,11-12H2,1-2H3/t14-,15?,16?/m0/s1. The largest absolute Gasteiger partial charge is 0.475 e. The number of hydrogen-bond donors (Lipinski definition) is 0. The molecule has 1 fully saturated rings. The number of aromatic nitrogens is 2. The summed E-state index contributed by atoms with van der Waals surface area (Å²) in [5, 5.41) is 0.0921. The van der Waals surface area contributed by atoms with Crippen LogP contribution in [-0.4, -0.2) is 41.6 Å². The summed E-state index contributed by atoms with van der Waals surface area (Å²) in [6, 6.07) is 7.96. The van der Waals surface area contributed by atoms with Crippen LogP contribution in [0.5, 0.6) is 5.88 Å². The third-order valence-corrected chi connectivity index (χ3v) is 6.56. The molecule has 2 heterocycles. The predicted molar refractivity (Wildman–Crippen MR) is 117 cm³/mol. The minimum absolute atomic E-state index is 0.0921. The molecule has 164 valence electrons. The first-order valence-electron chi connectivity index (χ1n) is 10.6. The van der Waals surface area contributed by atoms with Crippen LogP contribution in [0.4, 0.5) is 5.69 Å². The number of nitrogens with zero attached hydrogens (tertiary/aromatic N) is 3. The summed E-state index contributed by atoms with van der Waals surface area (Å²) in [4.78, 5) is 34.5. The summed E-state index contributed by atoms with van der Waals surface area (Å²) < 4.78 is 10.5. The molecule has 7 nitrogen and oxygen atoms in total. The van der Waals surface area contributed by atoms with Gasteiger partial charge >= 0.3 is 5.97 Å². The molecule has 1 saturated carbocycles. The average Bonchev–Trinajstić information content (AvgIpc) is 2.91. The zero-order chi connectivity index (χ0) is 22.0. The minimum Gasteiger partial charge on any atom is -0.475 e. The number of halogens is 1. The zero-order valence-corrected chi connectivity index (χ0v) is 18.5. The monoisotopic (exact) mass is 443 g/mol. The van der Waals surface area contributed by atoms with Gasteiger partial charge in [0.1, 0.15) is 23.7 Å². The lowest BCUT2D eigenvalue weighted by Gasteiger charge is -2.29. The van der Waals surface area contributed by atoms with E-state index < -0.39 is 0 Å².